The van der Waals surface area contributed by atoms with Crippen molar-refractivity contribution >= 4 is 5.65 Å². The van der Waals surface area contributed by atoms with Gasteiger partial charge < -0.3 is 4.40 Å². The molecule has 16 heavy (non-hydrogen) atoms. The molecule has 2 rings (SSSR count). The van der Waals surface area contributed by atoms with Gasteiger partial charge in [-0.05, 0) is 26.0 Å². The lowest BCUT2D eigenvalue weighted by molar-refractivity contribution is -0.237. The molecule has 0 aliphatic rings. The Bertz CT molecular complexity index is 350. The number of imidazole rings is 1. The zero-order chi connectivity index (χ0) is 12.4. The Balaban J connectivity index is 0.000000323. The monoisotopic (exact) mass is 224 g/mol. The van der Waals surface area contributed by atoms with Gasteiger partial charge in [0.05, 0.1) is 12.3 Å². The van der Waals surface area contributed by atoms with Crippen LogP contribution in [-0.4, -0.2) is 21.2 Å². The first kappa shape index (κ1) is 14.6. The van der Waals surface area contributed by atoms with Gasteiger partial charge in [-0.15, -0.1) is 0 Å². The van der Waals surface area contributed by atoms with Crippen LogP contribution in [0.4, 0.5) is 0 Å². The maximum Gasteiger partial charge on any atom is 0.136 e. The van der Waals surface area contributed by atoms with E-state index in [4.69, 9.17) is 5.26 Å². The summed E-state index contributed by atoms with van der Waals surface area (Å²) in [6, 6.07) is 5.98. The molecular formula is C12H20N2O2. The molecule has 0 atom stereocenters. The summed E-state index contributed by atoms with van der Waals surface area (Å²) < 4.78 is 2.01. The van der Waals surface area contributed by atoms with Crippen LogP contribution in [0.25, 0.3) is 5.65 Å². The van der Waals surface area contributed by atoms with Crippen LogP contribution < -0.4 is 0 Å². The summed E-state index contributed by atoms with van der Waals surface area (Å²) in [5, 5.41) is 7.38. The zero-order valence-corrected chi connectivity index (χ0v) is 10.3. The molecular weight excluding hydrogens is 204 g/mol. The van der Waals surface area contributed by atoms with Gasteiger partial charge in [-0.25, -0.2) is 9.87 Å². The molecule has 90 valence electrons. The molecule has 4 nitrogen and oxygen atoms in total. The van der Waals surface area contributed by atoms with Crippen LogP contribution in [0.5, 0.6) is 0 Å². The van der Waals surface area contributed by atoms with E-state index in [1.54, 1.807) is 6.92 Å². The second kappa shape index (κ2) is 8.88. The average Bonchev–Trinajstić information content (AvgIpc) is 2.72. The summed E-state index contributed by atoms with van der Waals surface area (Å²) in [5.74, 6) is 0. The maximum absolute atomic E-state index is 7.38. The molecule has 0 fully saturated rings. The highest BCUT2D eigenvalue weighted by molar-refractivity contribution is 5.38. The van der Waals surface area contributed by atoms with Gasteiger partial charge in [0.15, 0.2) is 0 Å². The molecule has 0 amide bonds. The van der Waals surface area contributed by atoms with E-state index in [0.717, 1.165) is 11.3 Å². The summed E-state index contributed by atoms with van der Waals surface area (Å²) in [6.07, 6.45) is 4.00. The van der Waals surface area contributed by atoms with Gasteiger partial charge in [0.25, 0.3) is 0 Å². The molecule has 0 bridgehead atoms. The number of hydrogen-bond acceptors (Lipinski definition) is 3. The minimum Gasteiger partial charge on any atom is -0.307 e. The SMILES string of the molecule is CC.CCOO.Cc1cn2ccccc2n1. The van der Waals surface area contributed by atoms with Crippen molar-refractivity contribution in [3.8, 4) is 0 Å². The topological polar surface area (TPSA) is 46.8 Å². The quantitative estimate of drug-likeness (QED) is 0.598. The Kier molecular flexibility index (Phi) is 8.11. The number of fused-ring (bicyclic) bond motifs is 1. The number of hydrogen-bond donors (Lipinski definition) is 1. The van der Waals surface area contributed by atoms with E-state index in [0.29, 0.717) is 6.61 Å². The largest absolute Gasteiger partial charge is 0.307 e. The Morgan fingerprint density at radius 1 is 1.38 bits per heavy atom. The molecule has 0 unspecified atom stereocenters. The minimum absolute atomic E-state index is 0.375. The van der Waals surface area contributed by atoms with E-state index in [2.05, 4.69) is 9.87 Å². The van der Waals surface area contributed by atoms with Crippen molar-refractivity contribution in [3.63, 3.8) is 0 Å². The molecule has 2 heterocycles. The van der Waals surface area contributed by atoms with Gasteiger partial charge in [-0.3, -0.25) is 5.26 Å². The number of aromatic nitrogens is 2. The van der Waals surface area contributed by atoms with Crippen LogP contribution in [0.3, 0.4) is 0 Å². The number of nitrogens with zero attached hydrogens (tertiary/aromatic N) is 2. The predicted molar refractivity (Wildman–Crippen MR) is 65.5 cm³/mol. The van der Waals surface area contributed by atoms with Crippen molar-refractivity contribution in [2.45, 2.75) is 27.7 Å². The van der Waals surface area contributed by atoms with Crippen molar-refractivity contribution < 1.29 is 10.1 Å². The fraction of sp³-hybridized carbons (Fsp3) is 0.417. The third kappa shape index (κ3) is 4.91. The summed E-state index contributed by atoms with van der Waals surface area (Å²) in [6.45, 7) is 8.08. The summed E-state index contributed by atoms with van der Waals surface area (Å²) in [4.78, 5) is 7.82. The third-order valence-electron chi connectivity index (χ3n) is 1.61. The highest BCUT2D eigenvalue weighted by atomic mass is 17.1. The first-order valence-electron chi connectivity index (χ1n) is 5.44. The van der Waals surface area contributed by atoms with Gasteiger partial charge in [0.1, 0.15) is 5.65 Å². The molecule has 0 aromatic carbocycles. The van der Waals surface area contributed by atoms with Crippen LogP contribution in [-0.2, 0) is 4.89 Å². The summed E-state index contributed by atoms with van der Waals surface area (Å²) in [5.41, 5.74) is 2.08. The Hall–Kier alpha value is -1.39. The lowest BCUT2D eigenvalue weighted by atomic mass is 10.5. The van der Waals surface area contributed by atoms with E-state index >= 15 is 0 Å². The standard InChI is InChI=1S/C8H8N2.C2H6O2.C2H6/c1-7-6-10-5-3-2-4-8(10)9-7;1-2-4-3;1-2/h2-6H,1H3;3H,2H2,1H3;1-2H3. The van der Waals surface area contributed by atoms with Gasteiger partial charge in [0, 0.05) is 12.4 Å². The Morgan fingerprint density at radius 2 is 2.00 bits per heavy atom. The predicted octanol–water partition coefficient (Wildman–Crippen LogP) is 3.16. The van der Waals surface area contributed by atoms with Gasteiger partial charge in [-0.2, -0.15) is 0 Å². The van der Waals surface area contributed by atoms with Crippen LogP contribution >= 0.6 is 0 Å². The van der Waals surface area contributed by atoms with Crippen LogP contribution in [0, 0.1) is 6.92 Å². The van der Waals surface area contributed by atoms with E-state index in [-0.39, 0.29) is 0 Å². The highest BCUT2D eigenvalue weighted by Crippen LogP contribution is 2.01. The number of aryl methyl sites for hydroxylation is 1. The smallest absolute Gasteiger partial charge is 0.136 e. The number of rotatable bonds is 1. The minimum atomic E-state index is 0.375. The molecule has 2 aromatic heterocycles. The lowest BCUT2D eigenvalue weighted by Crippen LogP contribution is -1.77. The molecule has 0 aliphatic carbocycles. The molecule has 1 N–H and O–H groups in total. The molecule has 4 heteroatoms. The molecule has 2 aromatic rings. The first-order chi connectivity index (χ1) is 7.77. The Morgan fingerprint density at radius 3 is 2.50 bits per heavy atom. The summed E-state index contributed by atoms with van der Waals surface area (Å²) >= 11 is 0. The average molecular weight is 224 g/mol. The van der Waals surface area contributed by atoms with Crippen molar-refractivity contribution in [3.05, 3.63) is 36.3 Å². The van der Waals surface area contributed by atoms with Gasteiger partial charge >= 0.3 is 0 Å². The summed E-state index contributed by atoms with van der Waals surface area (Å²) in [7, 11) is 0. The molecule has 0 saturated heterocycles. The van der Waals surface area contributed by atoms with Crippen molar-refractivity contribution in [2.75, 3.05) is 6.61 Å². The lowest BCUT2D eigenvalue weighted by Gasteiger charge is -1.86. The van der Waals surface area contributed by atoms with Gasteiger partial charge in [0.2, 0.25) is 0 Å². The highest BCUT2D eigenvalue weighted by Gasteiger charge is 1.92. The molecule has 0 aliphatic heterocycles. The molecule has 0 saturated carbocycles. The van der Waals surface area contributed by atoms with E-state index in [1.165, 1.54) is 0 Å². The normalized spacial score (nSPS) is 8.81. The van der Waals surface area contributed by atoms with E-state index < -0.39 is 0 Å². The number of pyridine rings is 1. The van der Waals surface area contributed by atoms with Crippen molar-refractivity contribution in [1.29, 1.82) is 0 Å². The van der Waals surface area contributed by atoms with Crippen LogP contribution in [0.2, 0.25) is 0 Å². The fourth-order valence-electron chi connectivity index (χ4n) is 1.06. The molecule has 0 spiro atoms. The maximum atomic E-state index is 7.38. The van der Waals surface area contributed by atoms with Crippen LogP contribution in [0.15, 0.2) is 30.6 Å². The molecule has 0 radical (unpaired) electrons. The van der Waals surface area contributed by atoms with Crippen molar-refractivity contribution in [1.82, 2.24) is 9.38 Å². The van der Waals surface area contributed by atoms with Crippen LogP contribution in [0.1, 0.15) is 26.5 Å². The second-order valence-corrected chi connectivity index (χ2v) is 2.77. The third-order valence-corrected chi connectivity index (χ3v) is 1.61. The van der Waals surface area contributed by atoms with E-state index in [9.17, 15) is 0 Å². The first-order valence-corrected chi connectivity index (χ1v) is 5.44. The van der Waals surface area contributed by atoms with Crippen molar-refractivity contribution in [2.24, 2.45) is 0 Å². The van der Waals surface area contributed by atoms with E-state index in [1.807, 2.05) is 55.8 Å². The second-order valence-electron chi connectivity index (χ2n) is 2.77. The zero-order valence-electron chi connectivity index (χ0n) is 10.3. The Labute approximate surface area is 96.4 Å². The fourth-order valence-corrected chi connectivity index (χ4v) is 1.06. The van der Waals surface area contributed by atoms with Gasteiger partial charge in [-0.1, -0.05) is 19.9 Å².